The van der Waals surface area contributed by atoms with Crippen LogP contribution in [0.15, 0.2) is 22.7 Å². The third-order valence-electron chi connectivity index (χ3n) is 4.31. The number of hydrogen-bond donors (Lipinski definition) is 1. The molecule has 0 bridgehead atoms. The molecule has 0 saturated carbocycles. The predicted octanol–water partition coefficient (Wildman–Crippen LogP) is 2.61. The average molecular weight is 344 g/mol. The highest BCUT2D eigenvalue weighted by molar-refractivity contribution is 9.10. The van der Waals surface area contributed by atoms with Crippen molar-refractivity contribution in [3.63, 3.8) is 0 Å². The fourth-order valence-electron chi connectivity index (χ4n) is 2.91. The van der Waals surface area contributed by atoms with E-state index in [1.807, 2.05) is 12.1 Å². The second-order valence-electron chi connectivity index (χ2n) is 5.62. The SMILES string of the molecule is CN1CCC(N(C)C(CN)c2ccc(F)c(Br)c2)CC1. The predicted molar refractivity (Wildman–Crippen MR) is 84.2 cm³/mol. The molecule has 0 aliphatic carbocycles. The smallest absolute Gasteiger partial charge is 0.137 e. The van der Waals surface area contributed by atoms with E-state index in [0.717, 1.165) is 31.5 Å². The third kappa shape index (κ3) is 3.58. The molecule has 1 aliphatic rings. The quantitative estimate of drug-likeness (QED) is 0.911. The Morgan fingerprint density at radius 3 is 2.65 bits per heavy atom. The van der Waals surface area contributed by atoms with Crippen LogP contribution in [0.2, 0.25) is 0 Å². The van der Waals surface area contributed by atoms with Crippen molar-refractivity contribution in [1.82, 2.24) is 9.80 Å². The summed E-state index contributed by atoms with van der Waals surface area (Å²) in [4.78, 5) is 4.71. The van der Waals surface area contributed by atoms with E-state index in [2.05, 4.69) is 39.8 Å². The molecule has 0 amide bonds. The number of halogens is 2. The number of benzene rings is 1. The Hall–Kier alpha value is -0.490. The van der Waals surface area contributed by atoms with E-state index >= 15 is 0 Å². The van der Waals surface area contributed by atoms with Crippen LogP contribution in [0.1, 0.15) is 24.4 Å². The minimum absolute atomic E-state index is 0.139. The van der Waals surface area contributed by atoms with Crippen molar-refractivity contribution in [3.05, 3.63) is 34.1 Å². The molecule has 0 radical (unpaired) electrons. The zero-order valence-corrected chi connectivity index (χ0v) is 13.7. The summed E-state index contributed by atoms with van der Waals surface area (Å²) in [6, 6.07) is 5.87. The van der Waals surface area contributed by atoms with Crippen molar-refractivity contribution < 1.29 is 4.39 Å². The Balaban J connectivity index is 2.12. The Morgan fingerprint density at radius 1 is 1.45 bits per heavy atom. The molecule has 3 nitrogen and oxygen atoms in total. The first-order valence-corrected chi connectivity index (χ1v) is 7.87. The maximum Gasteiger partial charge on any atom is 0.137 e. The van der Waals surface area contributed by atoms with E-state index < -0.39 is 0 Å². The van der Waals surface area contributed by atoms with Crippen LogP contribution >= 0.6 is 15.9 Å². The molecule has 1 aromatic carbocycles. The van der Waals surface area contributed by atoms with Gasteiger partial charge in [0.1, 0.15) is 5.82 Å². The van der Waals surface area contributed by atoms with E-state index in [4.69, 9.17) is 5.73 Å². The summed E-state index contributed by atoms with van der Waals surface area (Å²) in [7, 11) is 4.29. The van der Waals surface area contributed by atoms with E-state index in [1.165, 1.54) is 6.07 Å². The molecule has 1 heterocycles. The van der Waals surface area contributed by atoms with Crippen LogP contribution in [0.3, 0.4) is 0 Å². The monoisotopic (exact) mass is 343 g/mol. The van der Waals surface area contributed by atoms with Gasteiger partial charge in [0.05, 0.1) is 4.47 Å². The highest BCUT2D eigenvalue weighted by Crippen LogP contribution is 2.27. The molecule has 1 fully saturated rings. The Bertz CT molecular complexity index is 447. The average Bonchev–Trinajstić information content (AvgIpc) is 2.44. The van der Waals surface area contributed by atoms with Gasteiger partial charge in [-0.2, -0.15) is 0 Å². The lowest BCUT2D eigenvalue weighted by atomic mass is 9.98. The van der Waals surface area contributed by atoms with E-state index in [-0.39, 0.29) is 11.9 Å². The molecule has 1 saturated heterocycles. The maximum atomic E-state index is 13.4. The number of nitrogens with zero attached hydrogens (tertiary/aromatic N) is 2. The largest absolute Gasteiger partial charge is 0.329 e. The van der Waals surface area contributed by atoms with Crippen molar-refractivity contribution in [2.24, 2.45) is 5.73 Å². The Morgan fingerprint density at radius 2 is 2.10 bits per heavy atom. The molecular weight excluding hydrogens is 321 g/mol. The van der Waals surface area contributed by atoms with Gasteiger partial charge in [-0.3, -0.25) is 4.90 Å². The summed E-state index contributed by atoms with van der Waals surface area (Å²) < 4.78 is 13.9. The van der Waals surface area contributed by atoms with Crippen LogP contribution in [-0.4, -0.2) is 49.6 Å². The number of nitrogens with two attached hydrogens (primary N) is 1. The van der Waals surface area contributed by atoms with Crippen molar-refractivity contribution in [2.75, 3.05) is 33.7 Å². The van der Waals surface area contributed by atoms with Crippen LogP contribution in [0, 0.1) is 5.82 Å². The van der Waals surface area contributed by atoms with Gasteiger partial charge in [0.2, 0.25) is 0 Å². The van der Waals surface area contributed by atoms with Crippen LogP contribution in [0.25, 0.3) is 0 Å². The molecule has 2 rings (SSSR count). The van der Waals surface area contributed by atoms with Gasteiger partial charge in [0.15, 0.2) is 0 Å². The van der Waals surface area contributed by atoms with Gasteiger partial charge < -0.3 is 10.6 Å². The number of piperidine rings is 1. The first-order valence-electron chi connectivity index (χ1n) is 7.08. The van der Waals surface area contributed by atoms with Gasteiger partial charge in [-0.25, -0.2) is 4.39 Å². The van der Waals surface area contributed by atoms with E-state index in [1.54, 1.807) is 0 Å². The highest BCUT2D eigenvalue weighted by atomic mass is 79.9. The fourth-order valence-corrected chi connectivity index (χ4v) is 3.31. The summed E-state index contributed by atoms with van der Waals surface area (Å²) in [5.74, 6) is -0.230. The molecule has 1 unspecified atom stereocenters. The van der Waals surface area contributed by atoms with E-state index in [9.17, 15) is 4.39 Å². The topological polar surface area (TPSA) is 32.5 Å². The van der Waals surface area contributed by atoms with Gasteiger partial charge in [-0.05, 0) is 73.7 Å². The molecule has 0 spiro atoms. The number of likely N-dealkylation sites (tertiary alicyclic amines) is 1. The second kappa shape index (κ2) is 6.98. The first kappa shape index (κ1) is 15.9. The molecule has 2 N–H and O–H groups in total. The van der Waals surface area contributed by atoms with Crippen molar-refractivity contribution in [3.8, 4) is 0 Å². The molecule has 112 valence electrons. The second-order valence-corrected chi connectivity index (χ2v) is 6.48. The zero-order chi connectivity index (χ0) is 14.7. The zero-order valence-electron chi connectivity index (χ0n) is 12.1. The summed E-state index contributed by atoms with van der Waals surface area (Å²) >= 11 is 3.26. The highest BCUT2D eigenvalue weighted by Gasteiger charge is 2.26. The number of rotatable bonds is 4. The molecular formula is C15H23BrFN3. The van der Waals surface area contributed by atoms with Crippen LogP contribution in [0.5, 0.6) is 0 Å². The molecule has 20 heavy (non-hydrogen) atoms. The van der Waals surface area contributed by atoms with Crippen LogP contribution < -0.4 is 5.73 Å². The first-order chi connectivity index (χ1) is 9.52. The third-order valence-corrected chi connectivity index (χ3v) is 4.92. The summed E-state index contributed by atoms with van der Waals surface area (Å²) in [6.45, 7) is 2.79. The molecule has 0 aromatic heterocycles. The normalized spacial score (nSPS) is 19.5. The van der Waals surface area contributed by atoms with Crippen molar-refractivity contribution in [2.45, 2.75) is 24.9 Å². The Kier molecular flexibility index (Phi) is 5.55. The number of likely N-dealkylation sites (N-methyl/N-ethyl adjacent to an activating group) is 1. The molecule has 5 heteroatoms. The maximum absolute atomic E-state index is 13.4. The van der Waals surface area contributed by atoms with Gasteiger partial charge in [0, 0.05) is 18.6 Å². The Labute approximate surface area is 129 Å². The minimum atomic E-state index is -0.230. The molecule has 1 atom stereocenters. The van der Waals surface area contributed by atoms with E-state index in [0.29, 0.717) is 17.1 Å². The van der Waals surface area contributed by atoms with Crippen molar-refractivity contribution >= 4 is 15.9 Å². The van der Waals surface area contributed by atoms with Crippen LogP contribution in [0.4, 0.5) is 4.39 Å². The lowest BCUT2D eigenvalue weighted by molar-refractivity contribution is 0.109. The summed E-state index contributed by atoms with van der Waals surface area (Å²) in [5, 5.41) is 0. The fraction of sp³-hybridized carbons (Fsp3) is 0.600. The van der Waals surface area contributed by atoms with Gasteiger partial charge in [-0.1, -0.05) is 6.07 Å². The summed E-state index contributed by atoms with van der Waals surface area (Å²) in [5.41, 5.74) is 7.04. The molecule has 1 aromatic rings. The standard InChI is InChI=1S/C15H23BrFN3/c1-19-7-5-12(6-8-19)20(2)15(10-18)11-3-4-14(17)13(16)9-11/h3-4,9,12,15H,5-8,10,18H2,1-2H3. The lowest BCUT2D eigenvalue weighted by Crippen LogP contribution is -2.45. The molecule has 1 aliphatic heterocycles. The summed E-state index contributed by atoms with van der Waals surface area (Å²) in [6.07, 6.45) is 2.32. The van der Waals surface area contributed by atoms with Gasteiger partial charge >= 0.3 is 0 Å². The van der Waals surface area contributed by atoms with Gasteiger partial charge in [0.25, 0.3) is 0 Å². The van der Waals surface area contributed by atoms with Gasteiger partial charge in [-0.15, -0.1) is 0 Å². The minimum Gasteiger partial charge on any atom is -0.329 e. The van der Waals surface area contributed by atoms with Crippen LogP contribution in [-0.2, 0) is 0 Å². The van der Waals surface area contributed by atoms with Crippen molar-refractivity contribution in [1.29, 1.82) is 0 Å². The number of hydrogen-bond acceptors (Lipinski definition) is 3. The lowest BCUT2D eigenvalue weighted by Gasteiger charge is -2.39.